The first kappa shape index (κ1) is 24.8. The molecule has 152 valence electrons. The summed E-state index contributed by atoms with van der Waals surface area (Å²) in [6.07, 6.45) is 5.03. The van der Waals surface area contributed by atoms with Crippen LogP contribution in [-0.2, 0) is 9.59 Å². The number of aliphatic hydroxyl groups excluding tert-OH is 1. The highest BCUT2D eigenvalue weighted by Gasteiger charge is 2.26. The second kappa shape index (κ2) is 14.0. The van der Waals surface area contributed by atoms with Crippen molar-refractivity contribution in [3.05, 3.63) is 0 Å². The number of nitrogens with zero attached hydrogens (tertiary/aromatic N) is 2. The molecule has 8 nitrogen and oxygen atoms in total. The molecule has 0 saturated heterocycles. The van der Waals surface area contributed by atoms with Crippen LogP contribution in [-0.4, -0.2) is 38.7 Å². The van der Waals surface area contributed by atoms with E-state index in [0.29, 0.717) is 32.1 Å². The van der Waals surface area contributed by atoms with Crippen LogP contribution in [0, 0.1) is 46.3 Å². The Morgan fingerprint density at radius 1 is 0.815 bits per heavy atom. The number of aliphatic carboxylic acids is 2. The number of carbonyl (C=O) groups is 2. The molecule has 8 heteroatoms. The van der Waals surface area contributed by atoms with Crippen molar-refractivity contribution in [2.24, 2.45) is 23.7 Å². The molecule has 2 aliphatic carbocycles. The fraction of sp³-hybridized carbons (Fsp3) is 0.789. The Kier molecular flexibility index (Phi) is 12.8. The van der Waals surface area contributed by atoms with Crippen LogP contribution < -0.4 is 0 Å². The highest BCUT2D eigenvalue weighted by molar-refractivity contribution is 5.70. The third-order valence-corrected chi connectivity index (χ3v) is 4.88. The van der Waals surface area contributed by atoms with Gasteiger partial charge in [-0.3, -0.25) is 9.59 Å². The summed E-state index contributed by atoms with van der Waals surface area (Å²) in [5, 5.41) is 50.1. The molecule has 0 atom stereocenters. The van der Waals surface area contributed by atoms with Crippen LogP contribution in [0.2, 0.25) is 0 Å². The monoisotopic (exact) mass is 382 g/mol. The Morgan fingerprint density at radius 2 is 1.07 bits per heavy atom. The molecule has 0 amide bonds. The highest BCUT2D eigenvalue weighted by atomic mass is 16.5. The average Bonchev–Trinajstić information content (AvgIpc) is 2.68. The van der Waals surface area contributed by atoms with E-state index in [2.05, 4.69) is 12.1 Å². The van der Waals surface area contributed by atoms with Crippen molar-refractivity contribution in [1.82, 2.24) is 0 Å². The lowest BCUT2D eigenvalue weighted by molar-refractivity contribution is -0.143. The van der Waals surface area contributed by atoms with Crippen molar-refractivity contribution in [2.45, 2.75) is 71.0 Å². The van der Waals surface area contributed by atoms with E-state index in [1.165, 1.54) is 0 Å². The molecular formula is C19H30N2O6. The number of carboxylic acids is 2. The molecule has 0 spiro atoms. The van der Waals surface area contributed by atoms with Gasteiger partial charge in [-0.15, -0.1) is 0 Å². The number of hydrogen-bond donors (Lipinski definition) is 4. The quantitative estimate of drug-likeness (QED) is 0.541. The minimum Gasteiger partial charge on any atom is -0.481 e. The summed E-state index contributed by atoms with van der Waals surface area (Å²) >= 11 is 0. The fourth-order valence-corrected chi connectivity index (χ4v) is 2.94. The standard InChI is InChI=1S/2C8H11NO2.C3H8O2/c2*9-5-6-1-3-7(4-2-6)8(10)11;1-2-3(4)5/h2*6-7H,1-4H2,(H,10,11);3-5H,2H2,1H3. The molecule has 2 aliphatic rings. The van der Waals surface area contributed by atoms with Crippen LogP contribution in [0.4, 0.5) is 0 Å². The van der Waals surface area contributed by atoms with Crippen molar-refractivity contribution in [3.63, 3.8) is 0 Å². The summed E-state index contributed by atoms with van der Waals surface area (Å²) in [5.74, 6) is -1.60. The van der Waals surface area contributed by atoms with E-state index in [4.69, 9.17) is 30.9 Å². The Balaban J connectivity index is 0.000000405. The molecule has 0 unspecified atom stereocenters. The summed E-state index contributed by atoms with van der Waals surface area (Å²) in [6, 6.07) is 4.34. The van der Waals surface area contributed by atoms with Gasteiger partial charge in [0.1, 0.15) is 0 Å². The maximum absolute atomic E-state index is 10.5. The second-order valence-electron chi connectivity index (χ2n) is 6.92. The maximum atomic E-state index is 10.5. The molecule has 0 aliphatic heterocycles. The SMILES string of the molecule is CCC(O)O.N#CC1CCC(C(=O)O)CC1.N#CC1CCC(C(=O)O)CC1. The van der Waals surface area contributed by atoms with Crippen molar-refractivity contribution in [3.8, 4) is 12.1 Å². The van der Waals surface area contributed by atoms with Gasteiger partial charge in [0.2, 0.25) is 0 Å². The predicted octanol–water partition coefficient (Wildman–Crippen LogP) is 2.51. The van der Waals surface area contributed by atoms with E-state index in [1.807, 2.05) is 0 Å². The smallest absolute Gasteiger partial charge is 0.306 e. The fourth-order valence-electron chi connectivity index (χ4n) is 2.94. The summed E-state index contributed by atoms with van der Waals surface area (Å²) in [5.41, 5.74) is 0. The Morgan fingerprint density at radius 3 is 1.22 bits per heavy atom. The molecule has 2 rings (SSSR count). The largest absolute Gasteiger partial charge is 0.481 e. The van der Waals surface area contributed by atoms with E-state index in [1.54, 1.807) is 6.92 Å². The maximum Gasteiger partial charge on any atom is 0.306 e. The second-order valence-corrected chi connectivity index (χ2v) is 6.92. The lowest BCUT2D eigenvalue weighted by Crippen LogP contribution is -2.20. The van der Waals surface area contributed by atoms with Gasteiger partial charge in [0.05, 0.1) is 24.0 Å². The van der Waals surface area contributed by atoms with Crippen LogP contribution in [0.5, 0.6) is 0 Å². The predicted molar refractivity (Wildman–Crippen MR) is 95.9 cm³/mol. The molecule has 0 heterocycles. The van der Waals surface area contributed by atoms with Gasteiger partial charge in [0, 0.05) is 11.8 Å². The number of rotatable bonds is 3. The molecule has 0 bridgehead atoms. The van der Waals surface area contributed by atoms with Crippen LogP contribution in [0.3, 0.4) is 0 Å². The number of carboxylic acid groups (broad SMARTS) is 2. The van der Waals surface area contributed by atoms with Gasteiger partial charge in [0.25, 0.3) is 0 Å². The number of nitriles is 2. The minimum absolute atomic E-state index is 0.102. The molecule has 2 saturated carbocycles. The van der Waals surface area contributed by atoms with Gasteiger partial charge in [0.15, 0.2) is 6.29 Å². The molecule has 27 heavy (non-hydrogen) atoms. The Hall–Kier alpha value is -2.16. The van der Waals surface area contributed by atoms with Gasteiger partial charge >= 0.3 is 11.9 Å². The third kappa shape index (κ3) is 11.2. The van der Waals surface area contributed by atoms with Gasteiger partial charge in [-0.1, -0.05) is 6.92 Å². The minimum atomic E-state index is -1.12. The zero-order chi connectivity index (χ0) is 20.8. The molecule has 0 aromatic rings. The van der Waals surface area contributed by atoms with Crippen LogP contribution >= 0.6 is 0 Å². The first-order valence-electron chi connectivity index (χ1n) is 9.36. The van der Waals surface area contributed by atoms with Crippen LogP contribution in [0.15, 0.2) is 0 Å². The molecule has 0 aromatic heterocycles. The number of aliphatic hydroxyl groups is 2. The number of hydrogen-bond acceptors (Lipinski definition) is 6. The molecule has 4 N–H and O–H groups in total. The Labute approximate surface area is 160 Å². The van der Waals surface area contributed by atoms with Gasteiger partial charge < -0.3 is 20.4 Å². The van der Waals surface area contributed by atoms with Crippen molar-refractivity contribution >= 4 is 11.9 Å². The topological polar surface area (TPSA) is 163 Å². The van der Waals surface area contributed by atoms with Crippen molar-refractivity contribution in [2.75, 3.05) is 0 Å². The van der Waals surface area contributed by atoms with Crippen molar-refractivity contribution in [1.29, 1.82) is 10.5 Å². The lowest BCUT2D eigenvalue weighted by Gasteiger charge is -2.20. The third-order valence-electron chi connectivity index (χ3n) is 4.88. The van der Waals surface area contributed by atoms with E-state index < -0.39 is 18.2 Å². The summed E-state index contributed by atoms with van der Waals surface area (Å²) < 4.78 is 0. The highest BCUT2D eigenvalue weighted by Crippen LogP contribution is 2.28. The molecule has 2 fully saturated rings. The first-order valence-corrected chi connectivity index (χ1v) is 9.36. The zero-order valence-electron chi connectivity index (χ0n) is 15.8. The lowest BCUT2D eigenvalue weighted by atomic mass is 9.83. The van der Waals surface area contributed by atoms with Crippen LogP contribution in [0.25, 0.3) is 0 Å². The molecule has 0 aromatic carbocycles. The van der Waals surface area contributed by atoms with Gasteiger partial charge in [-0.2, -0.15) is 10.5 Å². The van der Waals surface area contributed by atoms with Gasteiger partial charge in [-0.25, -0.2) is 0 Å². The van der Waals surface area contributed by atoms with E-state index >= 15 is 0 Å². The summed E-state index contributed by atoms with van der Waals surface area (Å²) in [6.45, 7) is 1.70. The zero-order valence-corrected chi connectivity index (χ0v) is 15.8. The molecular weight excluding hydrogens is 352 g/mol. The summed E-state index contributed by atoms with van der Waals surface area (Å²) in [4.78, 5) is 20.9. The van der Waals surface area contributed by atoms with E-state index in [9.17, 15) is 9.59 Å². The first-order chi connectivity index (χ1) is 12.7. The van der Waals surface area contributed by atoms with Crippen LogP contribution in [0.1, 0.15) is 64.7 Å². The summed E-state index contributed by atoms with van der Waals surface area (Å²) in [7, 11) is 0. The Bertz CT molecular complexity index is 477. The van der Waals surface area contributed by atoms with Crippen molar-refractivity contribution < 1.29 is 30.0 Å². The van der Waals surface area contributed by atoms with Gasteiger partial charge in [-0.05, 0) is 57.8 Å². The molecule has 0 radical (unpaired) electrons. The average molecular weight is 382 g/mol. The normalized spacial score (nSPS) is 26.9. The van der Waals surface area contributed by atoms with E-state index in [0.717, 1.165) is 25.7 Å². The van der Waals surface area contributed by atoms with E-state index in [-0.39, 0.29) is 23.7 Å².